The maximum absolute atomic E-state index is 13.2. The number of hydrogen-bond acceptors (Lipinski definition) is 2. The number of rotatable bonds is 5. The third-order valence-electron chi connectivity index (χ3n) is 3.40. The normalized spacial score (nSPS) is 11.7. The fraction of sp³-hybridized carbons (Fsp3) is 0.222. The first kappa shape index (κ1) is 18.4. The molecule has 25 heavy (non-hydrogen) atoms. The van der Waals surface area contributed by atoms with Gasteiger partial charge in [-0.1, -0.05) is 32.0 Å². The van der Waals surface area contributed by atoms with Crippen molar-refractivity contribution in [3.05, 3.63) is 60.2 Å². The lowest BCUT2D eigenvalue weighted by atomic mass is 10.0. The molecule has 132 valence electrons. The molecule has 0 aromatic heterocycles. The Balaban J connectivity index is 2.03. The fourth-order valence-corrected chi connectivity index (χ4v) is 2.21. The third-order valence-corrected chi connectivity index (χ3v) is 3.40. The summed E-state index contributed by atoms with van der Waals surface area (Å²) in [5.74, 6) is -2.40. The van der Waals surface area contributed by atoms with Crippen LogP contribution in [-0.4, -0.2) is 18.0 Å². The van der Waals surface area contributed by atoms with Gasteiger partial charge in [0, 0.05) is 17.4 Å². The summed E-state index contributed by atoms with van der Waals surface area (Å²) in [7, 11) is 0. The van der Waals surface area contributed by atoms with E-state index in [9.17, 15) is 18.4 Å². The summed E-state index contributed by atoms with van der Waals surface area (Å²) in [5.41, 5.74) is 0.563. The molecule has 0 bridgehead atoms. The van der Waals surface area contributed by atoms with Crippen molar-refractivity contribution >= 4 is 23.3 Å². The molecular formula is C18H19F2N3O2. The number of para-hydroxylation sites is 1. The Kier molecular flexibility index (Phi) is 6.05. The van der Waals surface area contributed by atoms with Crippen LogP contribution in [0.2, 0.25) is 0 Å². The average molecular weight is 347 g/mol. The SMILES string of the molecule is CC(C)C(NC(=O)Nc1ccccc1)C(=O)Nc1cc(F)cc(F)c1. The third kappa shape index (κ3) is 5.56. The van der Waals surface area contributed by atoms with Gasteiger partial charge in [0.1, 0.15) is 17.7 Å². The van der Waals surface area contributed by atoms with Gasteiger partial charge in [-0.25, -0.2) is 13.6 Å². The maximum atomic E-state index is 13.2. The standard InChI is InChI=1S/C18H19F2N3O2/c1-11(2)16(23-18(25)22-14-6-4-3-5-7-14)17(24)21-15-9-12(19)8-13(20)10-15/h3-11,16H,1-2H3,(H,21,24)(H2,22,23,25). The van der Waals surface area contributed by atoms with Crippen LogP contribution < -0.4 is 16.0 Å². The van der Waals surface area contributed by atoms with Crippen LogP contribution in [-0.2, 0) is 4.79 Å². The van der Waals surface area contributed by atoms with E-state index < -0.39 is 29.6 Å². The molecule has 0 fully saturated rings. The number of benzene rings is 2. The van der Waals surface area contributed by atoms with Crippen molar-refractivity contribution < 1.29 is 18.4 Å². The highest BCUT2D eigenvalue weighted by atomic mass is 19.1. The molecule has 0 aliphatic rings. The van der Waals surface area contributed by atoms with E-state index in [1.165, 1.54) is 0 Å². The average Bonchev–Trinajstić information content (AvgIpc) is 2.52. The van der Waals surface area contributed by atoms with E-state index in [2.05, 4.69) is 16.0 Å². The van der Waals surface area contributed by atoms with Crippen LogP contribution in [0.3, 0.4) is 0 Å². The van der Waals surface area contributed by atoms with Crippen molar-refractivity contribution in [3.8, 4) is 0 Å². The van der Waals surface area contributed by atoms with Crippen molar-refractivity contribution in [3.63, 3.8) is 0 Å². The minimum Gasteiger partial charge on any atom is -0.326 e. The molecule has 2 rings (SSSR count). The molecule has 5 nitrogen and oxygen atoms in total. The Morgan fingerprint density at radius 2 is 1.48 bits per heavy atom. The summed E-state index contributed by atoms with van der Waals surface area (Å²) in [5, 5.41) is 7.59. The number of urea groups is 1. The second-order valence-electron chi connectivity index (χ2n) is 5.83. The maximum Gasteiger partial charge on any atom is 0.319 e. The monoisotopic (exact) mass is 347 g/mol. The molecule has 0 heterocycles. The van der Waals surface area contributed by atoms with Crippen LogP contribution in [0.5, 0.6) is 0 Å². The Morgan fingerprint density at radius 1 is 0.880 bits per heavy atom. The van der Waals surface area contributed by atoms with Gasteiger partial charge >= 0.3 is 6.03 Å². The first-order valence-corrected chi connectivity index (χ1v) is 7.74. The largest absolute Gasteiger partial charge is 0.326 e. The molecule has 3 amide bonds. The molecule has 7 heteroatoms. The topological polar surface area (TPSA) is 70.2 Å². The lowest BCUT2D eigenvalue weighted by molar-refractivity contribution is -0.118. The van der Waals surface area contributed by atoms with Gasteiger partial charge in [0.15, 0.2) is 0 Å². The van der Waals surface area contributed by atoms with Gasteiger partial charge in [0.25, 0.3) is 0 Å². The zero-order chi connectivity index (χ0) is 18.4. The van der Waals surface area contributed by atoms with Crippen LogP contribution in [0.1, 0.15) is 13.8 Å². The van der Waals surface area contributed by atoms with Gasteiger partial charge < -0.3 is 16.0 Å². The Labute approximate surface area is 144 Å². The van der Waals surface area contributed by atoms with Gasteiger partial charge in [-0.2, -0.15) is 0 Å². The van der Waals surface area contributed by atoms with E-state index in [0.717, 1.165) is 12.1 Å². The molecule has 1 atom stereocenters. The zero-order valence-electron chi connectivity index (χ0n) is 13.8. The number of anilines is 2. The number of halogens is 2. The van der Waals surface area contributed by atoms with Crippen molar-refractivity contribution in [2.45, 2.75) is 19.9 Å². The van der Waals surface area contributed by atoms with Crippen molar-refractivity contribution in [2.75, 3.05) is 10.6 Å². The Morgan fingerprint density at radius 3 is 2.04 bits per heavy atom. The van der Waals surface area contributed by atoms with Crippen LogP contribution in [0.4, 0.5) is 25.0 Å². The molecule has 2 aromatic carbocycles. The quantitative estimate of drug-likeness (QED) is 0.771. The van der Waals surface area contributed by atoms with Crippen LogP contribution >= 0.6 is 0 Å². The molecule has 3 N–H and O–H groups in total. The van der Waals surface area contributed by atoms with E-state index >= 15 is 0 Å². The summed E-state index contributed by atoms with van der Waals surface area (Å²) in [6.07, 6.45) is 0. The fourth-order valence-electron chi connectivity index (χ4n) is 2.21. The van der Waals surface area contributed by atoms with Gasteiger partial charge in [0.05, 0.1) is 0 Å². The van der Waals surface area contributed by atoms with E-state index in [0.29, 0.717) is 11.8 Å². The van der Waals surface area contributed by atoms with Crippen molar-refractivity contribution in [2.24, 2.45) is 5.92 Å². The molecule has 0 aliphatic heterocycles. The second kappa shape index (κ2) is 8.23. The predicted octanol–water partition coefficient (Wildman–Crippen LogP) is 3.75. The number of nitrogens with one attached hydrogen (secondary N) is 3. The summed E-state index contributed by atoms with van der Waals surface area (Å²) in [6.45, 7) is 3.50. The van der Waals surface area contributed by atoms with Gasteiger partial charge in [-0.15, -0.1) is 0 Å². The predicted molar refractivity (Wildman–Crippen MR) is 92.2 cm³/mol. The van der Waals surface area contributed by atoms with Gasteiger partial charge in [-0.3, -0.25) is 4.79 Å². The molecule has 0 aliphatic carbocycles. The molecule has 2 aromatic rings. The zero-order valence-corrected chi connectivity index (χ0v) is 13.8. The van der Waals surface area contributed by atoms with E-state index in [1.807, 2.05) is 6.07 Å². The van der Waals surface area contributed by atoms with Crippen molar-refractivity contribution in [1.82, 2.24) is 5.32 Å². The first-order chi connectivity index (χ1) is 11.8. The number of carbonyl (C=O) groups is 2. The van der Waals surface area contributed by atoms with E-state index in [1.54, 1.807) is 38.1 Å². The smallest absolute Gasteiger partial charge is 0.319 e. The highest BCUT2D eigenvalue weighted by Gasteiger charge is 2.24. The van der Waals surface area contributed by atoms with Gasteiger partial charge in [0.2, 0.25) is 5.91 Å². The molecule has 0 radical (unpaired) electrons. The lowest BCUT2D eigenvalue weighted by Crippen LogP contribution is -2.48. The van der Waals surface area contributed by atoms with Crippen LogP contribution in [0.15, 0.2) is 48.5 Å². The highest BCUT2D eigenvalue weighted by molar-refractivity contribution is 5.99. The summed E-state index contributed by atoms with van der Waals surface area (Å²) >= 11 is 0. The van der Waals surface area contributed by atoms with E-state index in [4.69, 9.17) is 0 Å². The molecule has 0 saturated carbocycles. The lowest BCUT2D eigenvalue weighted by Gasteiger charge is -2.22. The summed E-state index contributed by atoms with van der Waals surface area (Å²) in [4.78, 5) is 24.4. The molecule has 0 spiro atoms. The number of carbonyl (C=O) groups excluding carboxylic acids is 2. The van der Waals surface area contributed by atoms with Crippen LogP contribution in [0.25, 0.3) is 0 Å². The second-order valence-corrected chi connectivity index (χ2v) is 5.83. The summed E-state index contributed by atoms with van der Waals surface area (Å²) in [6, 6.07) is 10.0. The Bertz CT molecular complexity index is 731. The van der Waals surface area contributed by atoms with Gasteiger partial charge in [-0.05, 0) is 30.2 Å². The summed E-state index contributed by atoms with van der Waals surface area (Å²) < 4.78 is 26.4. The van der Waals surface area contributed by atoms with Crippen LogP contribution in [0, 0.1) is 17.6 Å². The molecule has 0 saturated heterocycles. The first-order valence-electron chi connectivity index (χ1n) is 7.74. The Hall–Kier alpha value is -2.96. The van der Waals surface area contributed by atoms with Crippen molar-refractivity contribution in [1.29, 1.82) is 0 Å². The minimum absolute atomic E-state index is 0.0154. The van der Waals surface area contributed by atoms with E-state index in [-0.39, 0.29) is 11.6 Å². The highest BCUT2D eigenvalue weighted by Crippen LogP contribution is 2.14. The number of hydrogen-bond donors (Lipinski definition) is 3. The molecular weight excluding hydrogens is 328 g/mol. The minimum atomic E-state index is -0.880. The number of amides is 3. The molecule has 1 unspecified atom stereocenters.